The summed E-state index contributed by atoms with van der Waals surface area (Å²) in [5, 5.41) is 2.97. The van der Waals surface area contributed by atoms with Gasteiger partial charge in [0.2, 0.25) is 5.91 Å². The van der Waals surface area contributed by atoms with Crippen molar-refractivity contribution in [3.05, 3.63) is 41.6 Å². The lowest BCUT2D eigenvalue weighted by Crippen LogP contribution is -2.15. The Morgan fingerprint density at radius 3 is 2.45 bits per heavy atom. The summed E-state index contributed by atoms with van der Waals surface area (Å²) in [6, 6.07) is 6.40. The third kappa shape index (κ3) is 6.75. The van der Waals surface area contributed by atoms with Gasteiger partial charge in [0.05, 0.1) is 24.5 Å². The number of nitrogens with one attached hydrogen (secondary N) is 1. The maximum Gasteiger partial charge on any atom is 0.343 e. The van der Waals surface area contributed by atoms with Gasteiger partial charge in [-0.05, 0) is 37.6 Å². The molecular formula is C19H22N4O5S. The van der Waals surface area contributed by atoms with E-state index in [-0.39, 0.29) is 34.8 Å². The van der Waals surface area contributed by atoms with E-state index in [0.717, 1.165) is 18.2 Å². The summed E-state index contributed by atoms with van der Waals surface area (Å²) in [5.74, 6) is -1.25. The number of anilines is 2. The Kier molecular flexibility index (Phi) is 8.41. The van der Waals surface area contributed by atoms with E-state index in [2.05, 4.69) is 15.3 Å². The van der Waals surface area contributed by atoms with Crippen LogP contribution in [0.3, 0.4) is 0 Å². The van der Waals surface area contributed by atoms with Crippen molar-refractivity contribution in [1.82, 2.24) is 9.97 Å². The highest BCUT2D eigenvalue weighted by Crippen LogP contribution is 2.18. The number of ether oxygens (including phenoxy) is 2. The van der Waals surface area contributed by atoms with E-state index in [9.17, 15) is 14.4 Å². The Bertz CT molecular complexity index is 873. The Balaban J connectivity index is 1.87. The van der Waals surface area contributed by atoms with Crippen LogP contribution in [0.25, 0.3) is 0 Å². The average Bonchev–Trinajstić information content (AvgIpc) is 2.71. The second-order valence-corrected chi connectivity index (χ2v) is 6.66. The molecule has 0 aliphatic heterocycles. The third-order valence-electron chi connectivity index (χ3n) is 3.47. The van der Waals surface area contributed by atoms with Gasteiger partial charge >= 0.3 is 11.9 Å². The first kappa shape index (κ1) is 22.2. The highest BCUT2D eigenvalue weighted by atomic mass is 32.2. The molecule has 1 heterocycles. The van der Waals surface area contributed by atoms with E-state index in [1.807, 2.05) is 6.92 Å². The highest BCUT2D eigenvalue weighted by molar-refractivity contribution is 7.99. The summed E-state index contributed by atoms with van der Waals surface area (Å²) in [6.07, 6.45) is 2.02. The van der Waals surface area contributed by atoms with E-state index in [1.54, 1.807) is 31.2 Å². The molecule has 0 atom stereocenters. The molecule has 9 nitrogen and oxygen atoms in total. The smallest absolute Gasteiger partial charge is 0.343 e. The van der Waals surface area contributed by atoms with E-state index in [1.165, 1.54) is 6.20 Å². The number of nitrogen functional groups attached to an aromatic ring is 1. The van der Waals surface area contributed by atoms with Crippen LogP contribution in [0.1, 0.15) is 41.0 Å². The van der Waals surface area contributed by atoms with Crippen LogP contribution >= 0.6 is 11.8 Å². The Labute approximate surface area is 172 Å². The summed E-state index contributed by atoms with van der Waals surface area (Å²) in [4.78, 5) is 43.6. The number of nitrogens with two attached hydrogens (primary N) is 1. The van der Waals surface area contributed by atoms with Gasteiger partial charge in [-0.15, -0.1) is 0 Å². The van der Waals surface area contributed by atoms with E-state index >= 15 is 0 Å². The standard InChI is InChI=1S/C19H22N4O5S/c1-3-9-28-17(25)12-5-7-13(8-6-12)22-15(24)11-29-19-21-10-14(16(20)23-19)18(26)27-4-2/h5-8,10H,3-4,9,11H2,1-2H3,(H,22,24)(H2,20,21,23). The maximum absolute atomic E-state index is 12.1. The molecule has 0 unspecified atom stereocenters. The van der Waals surface area contributed by atoms with E-state index in [4.69, 9.17) is 15.2 Å². The molecular weight excluding hydrogens is 396 g/mol. The van der Waals surface area contributed by atoms with Crippen molar-refractivity contribution in [1.29, 1.82) is 0 Å². The first-order valence-electron chi connectivity index (χ1n) is 8.94. The molecule has 0 saturated carbocycles. The molecule has 1 aromatic heterocycles. The summed E-state index contributed by atoms with van der Waals surface area (Å²) in [6.45, 7) is 4.18. The fraction of sp³-hybridized carbons (Fsp3) is 0.316. The van der Waals surface area contributed by atoms with Crippen molar-refractivity contribution in [2.75, 3.05) is 30.0 Å². The summed E-state index contributed by atoms with van der Waals surface area (Å²) >= 11 is 1.07. The van der Waals surface area contributed by atoms with Crippen LogP contribution in [-0.2, 0) is 14.3 Å². The molecule has 0 aliphatic carbocycles. The molecule has 154 valence electrons. The molecule has 1 amide bonds. The molecule has 0 spiro atoms. The molecule has 2 rings (SSSR count). The van der Waals surface area contributed by atoms with Gasteiger partial charge in [-0.1, -0.05) is 18.7 Å². The Hall–Kier alpha value is -3.14. The van der Waals surface area contributed by atoms with Crippen molar-refractivity contribution in [2.24, 2.45) is 0 Å². The highest BCUT2D eigenvalue weighted by Gasteiger charge is 2.14. The minimum atomic E-state index is -0.596. The second kappa shape index (κ2) is 11.0. The van der Waals surface area contributed by atoms with Crippen LogP contribution in [0.4, 0.5) is 11.5 Å². The van der Waals surface area contributed by atoms with Gasteiger partial charge in [-0.25, -0.2) is 19.6 Å². The minimum absolute atomic E-state index is 0.00749. The molecule has 0 aliphatic rings. The number of nitrogens with zero attached hydrogens (tertiary/aromatic N) is 2. The number of thioether (sulfide) groups is 1. The number of hydrogen-bond donors (Lipinski definition) is 2. The third-order valence-corrected chi connectivity index (χ3v) is 4.33. The lowest BCUT2D eigenvalue weighted by atomic mass is 10.2. The van der Waals surface area contributed by atoms with Crippen molar-refractivity contribution >= 4 is 41.1 Å². The number of esters is 2. The SMILES string of the molecule is CCCOC(=O)c1ccc(NC(=O)CSc2ncc(C(=O)OCC)c(N)n2)cc1. The van der Waals surface area contributed by atoms with Gasteiger partial charge in [0.25, 0.3) is 0 Å². The van der Waals surface area contributed by atoms with Gasteiger partial charge in [0.1, 0.15) is 11.4 Å². The quantitative estimate of drug-likeness (QED) is 0.358. The summed E-state index contributed by atoms with van der Waals surface area (Å²) < 4.78 is 9.91. The van der Waals surface area contributed by atoms with Crippen molar-refractivity contribution in [2.45, 2.75) is 25.4 Å². The lowest BCUT2D eigenvalue weighted by molar-refractivity contribution is -0.113. The Morgan fingerprint density at radius 2 is 1.83 bits per heavy atom. The maximum atomic E-state index is 12.1. The number of carbonyl (C=O) groups is 3. The first-order chi connectivity index (χ1) is 13.9. The second-order valence-electron chi connectivity index (χ2n) is 5.72. The zero-order valence-electron chi connectivity index (χ0n) is 16.1. The largest absolute Gasteiger partial charge is 0.462 e. The minimum Gasteiger partial charge on any atom is -0.462 e. The fourth-order valence-electron chi connectivity index (χ4n) is 2.11. The molecule has 0 bridgehead atoms. The lowest BCUT2D eigenvalue weighted by Gasteiger charge is -2.07. The van der Waals surface area contributed by atoms with Crippen LogP contribution in [0.5, 0.6) is 0 Å². The molecule has 29 heavy (non-hydrogen) atoms. The van der Waals surface area contributed by atoms with E-state index in [0.29, 0.717) is 17.9 Å². The van der Waals surface area contributed by atoms with Gasteiger partial charge in [0, 0.05) is 11.9 Å². The van der Waals surface area contributed by atoms with Gasteiger partial charge in [-0.2, -0.15) is 0 Å². The molecule has 1 aromatic carbocycles. The summed E-state index contributed by atoms with van der Waals surface area (Å²) in [5.41, 5.74) is 6.79. The van der Waals surface area contributed by atoms with Crippen molar-refractivity contribution in [3.63, 3.8) is 0 Å². The number of amides is 1. The van der Waals surface area contributed by atoms with E-state index < -0.39 is 11.9 Å². The number of rotatable bonds is 9. The predicted molar refractivity (Wildman–Crippen MR) is 109 cm³/mol. The van der Waals surface area contributed by atoms with Crippen molar-refractivity contribution in [3.8, 4) is 0 Å². The molecule has 10 heteroatoms. The van der Waals surface area contributed by atoms with Crippen LogP contribution < -0.4 is 11.1 Å². The molecule has 2 aromatic rings. The summed E-state index contributed by atoms with van der Waals surface area (Å²) in [7, 11) is 0. The fourth-order valence-corrected chi connectivity index (χ4v) is 2.73. The number of hydrogen-bond acceptors (Lipinski definition) is 9. The Morgan fingerprint density at radius 1 is 1.10 bits per heavy atom. The van der Waals surface area contributed by atoms with Crippen LogP contribution in [0.2, 0.25) is 0 Å². The molecule has 0 radical (unpaired) electrons. The van der Waals surface area contributed by atoms with Crippen LogP contribution in [0.15, 0.2) is 35.6 Å². The molecule has 3 N–H and O–H groups in total. The monoisotopic (exact) mass is 418 g/mol. The first-order valence-corrected chi connectivity index (χ1v) is 9.92. The topological polar surface area (TPSA) is 134 Å². The number of benzene rings is 1. The van der Waals surface area contributed by atoms with Crippen molar-refractivity contribution < 1.29 is 23.9 Å². The average molecular weight is 418 g/mol. The number of aromatic nitrogens is 2. The zero-order chi connectivity index (χ0) is 21.2. The van der Waals surface area contributed by atoms with Gasteiger partial charge < -0.3 is 20.5 Å². The molecule has 0 saturated heterocycles. The zero-order valence-corrected chi connectivity index (χ0v) is 17.0. The molecule has 0 fully saturated rings. The van der Waals surface area contributed by atoms with Crippen LogP contribution in [-0.4, -0.2) is 46.8 Å². The van der Waals surface area contributed by atoms with Crippen LogP contribution in [0, 0.1) is 0 Å². The number of carbonyl (C=O) groups excluding carboxylic acids is 3. The normalized spacial score (nSPS) is 10.3. The van der Waals surface area contributed by atoms with Gasteiger partial charge in [-0.3, -0.25) is 4.79 Å². The predicted octanol–water partition coefficient (Wildman–Crippen LogP) is 2.53. The van der Waals surface area contributed by atoms with Gasteiger partial charge in [0.15, 0.2) is 5.16 Å².